The van der Waals surface area contributed by atoms with Crippen LogP contribution in [0.4, 0.5) is 4.39 Å². The molecule has 1 saturated heterocycles. The summed E-state index contributed by atoms with van der Waals surface area (Å²) in [7, 11) is -3.82. The van der Waals surface area contributed by atoms with Gasteiger partial charge in [-0.3, -0.25) is 4.79 Å². The average molecular weight is 405 g/mol. The molecule has 28 heavy (non-hydrogen) atoms. The molecule has 1 fully saturated rings. The van der Waals surface area contributed by atoms with Crippen LogP contribution >= 0.6 is 0 Å². The van der Waals surface area contributed by atoms with E-state index in [1.807, 2.05) is 0 Å². The Hall–Kier alpha value is -2.58. The van der Waals surface area contributed by atoms with E-state index in [1.54, 1.807) is 30.3 Å². The Morgan fingerprint density at radius 1 is 1.00 bits per heavy atom. The van der Waals surface area contributed by atoms with Gasteiger partial charge in [-0.1, -0.05) is 36.8 Å². The van der Waals surface area contributed by atoms with E-state index in [0.717, 1.165) is 37.5 Å². The summed E-state index contributed by atoms with van der Waals surface area (Å²) in [6.45, 7) is 0.224. The number of carbonyl (C=O) groups is 2. The van der Waals surface area contributed by atoms with Gasteiger partial charge in [0.05, 0.1) is 10.5 Å². The van der Waals surface area contributed by atoms with Gasteiger partial charge >= 0.3 is 5.97 Å². The molecule has 8 heteroatoms. The number of halogens is 1. The normalized spacial score (nSPS) is 15.2. The molecule has 0 saturated carbocycles. The van der Waals surface area contributed by atoms with Crippen LogP contribution in [-0.4, -0.2) is 44.2 Å². The van der Waals surface area contributed by atoms with Crippen molar-refractivity contribution in [2.75, 3.05) is 19.7 Å². The van der Waals surface area contributed by atoms with Crippen molar-refractivity contribution in [3.05, 3.63) is 65.5 Å². The summed E-state index contributed by atoms with van der Waals surface area (Å²) in [4.78, 5) is 24.1. The molecule has 0 N–H and O–H groups in total. The van der Waals surface area contributed by atoms with Gasteiger partial charge in [-0.05, 0) is 31.0 Å². The summed E-state index contributed by atoms with van der Waals surface area (Å²) in [6.07, 6.45) is 2.48. The quantitative estimate of drug-likeness (QED) is 0.545. The Balaban J connectivity index is 1.75. The third kappa shape index (κ3) is 4.45. The van der Waals surface area contributed by atoms with Crippen molar-refractivity contribution in [2.45, 2.75) is 24.2 Å². The standard InChI is InChI=1S/C20H20FNO5S/c21-18-10-9-16(28(25,26)22-11-5-2-6-12-22)13-17(18)20(24)27-14-19(23)15-7-3-1-4-8-15/h1,3-4,7-10,13H,2,5-6,11-12,14H2. The molecule has 2 aromatic rings. The van der Waals surface area contributed by atoms with Gasteiger partial charge in [-0.25, -0.2) is 17.6 Å². The fourth-order valence-corrected chi connectivity index (χ4v) is 4.54. The Kier molecular flexibility index (Phi) is 6.21. The molecule has 1 aliphatic rings. The number of benzene rings is 2. The van der Waals surface area contributed by atoms with Gasteiger partial charge in [0.1, 0.15) is 5.82 Å². The van der Waals surface area contributed by atoms with Gasteiger partial charge < -0.3 is 4.74 Å². The summed E-state index contributed by atoms with van der Waals surface area (Å²) >= 11 is 0. The first-order chi connectivity index (χ1) is 13.4. The van der Waals surface area contributed by atoms with E-state index in [2.05, 4.69) is 0 Å². The Labute approximate surface area is 163 Å². The highest BCUT2D eigenvalue weighted by molar-refractivity contribution is 7.89. The second kappa shape index (κ2) is 8.62. The van der Waals surface area contributed by atoms with E-state index in [0.29, 0.717) is 18.7 Å². The van der Waals surface area contributed by atoms with Gasteiger partial charge in [0.15, 0.2) is 12.4 Å². The van der Waals surface area contributed by atoms with Gasteiger partial charge in [0.2, 0.25) is 10.0 Å². The predicted octanol–water partition coefficient (Wildman–Crippen LogP) is 3.04. The number of ketones is 1. The van der Waals surface area contributed by atoms with Crippen LogP contribution in [-0.2, 0) is 14.8 Å². The van der Waals surface area contributed by atoms with Gasteiger partial charge in [0, 0.05) is 18.7 Å². The molecule has 0 spiro atoms. The van der Waals surface area contributed by atoms with Crippen molar-refractivity contribution >= 4 is 21.8 Å². The van der Waals surface area contributed by atoms with Crippen molar-refractivity contribution < 1.29 is 27.1 Å². The molecule has 0 aliphatic carbocycles. The molecule has 2 aromatic carbocycles. The lowest BCUT2D eigenvalue weighted by Crippen LogP contribution is -2.35. The third-order valence-electron chi connectivity index (χ3n) is 4.54. The summed E-state index contributed by atoms with van der Waals surface area (Å²) < 4.78 is 45.8. The van der Waals surface area contributed by atoms with Crippen LogP contribution in [0.3, 0.4) is 0 Å². The molecule has 6 nitrogen and oxygen atoms in total. The van der Waals surface area contributed by atoms with Crippen molar-refractivity contribution in [3.8, 4) is 0 Å². The summed E-state index contributed by atoms with van der Waals surface area (Å²) in [6, 6.07) is 11.2. The van der Waals surface area contributed by atoms with Crippen molar-refractivity contribution in [2.24, 2.45) is 0 Å². The molecular weight excluding hydrogens is 385 g/mol. The molecule has 0 bridgehead atoms. The molecule has 0 unspecified atom stereocenters. The molecule has 0 amide bonds. The first-order valence-electron chi connectivity index (χ1n) is 8.94. The van der Waals surface area contributed by atoms with Gasteiger partial charge in [-0.15, -0.1) is 0 Å². The van der Waals surface area contributed by atoms with Crippen LogP contribution in [0.2, 0.25) is 0 Å². The molecule has 3 rings (SSSR count). The maximum Gasteiger partial charge on any atom is 0.341 e. The van der Waals surface area contributed by atoms with E-state index >= 15 is 0 Å². The monoisotopic (exact) mass is 405 g/mol. The highest BCUT2D eigenvalue weighted by Crippen LogP contribution is 2.23. The molecule has 1 heterocycles. The molecule has 148 valence electrons. The number of esters is 1. The minimum Gasteiger partial charge on any atom is -0.454 e. The maximum absolute atomic E-state index is 14.1. The number of sulfonamides is 1. The van der Waals surface area contributed by atoms with Crippen molar-refractivity contribution in [1.82, 2.24) is 4.31 Å². The minimum atomic E-state index is -3.82. The smallest absolute Gasteiger partial charge is 0.341 e. The number of piperidine rings is 1. The zero-order valence-corrected chi connectivity index (χ0v) is 16.0. The summed E-state index contributed by atoms with van der Waals surface area (Å²) in [5.41, 5.74) is -0.156. The second-order valence-electron chi connectivity index (χ2n) is 6.47. The van der Waals surface area contributed by atoms with Gasteiger partial charge in [0.25, 0.3) is 0 Å². The fraction of sp³-hybridized carbons (Fsp3) is 0.300. The molecular formula is C20H20FNO5S. The summed E-state index contributed by atoms with van der Waals surface area (Å²) in [5.74, 6) is -2.43. The first-order valence-corrected chi connectivity index (χ1v) is 10.4. The number of nitrogens with zero attached hydrogens (tertiary/aromatic N) is 1. The SMILES string of the molecule is O=C(COC(=O)c1cc(S(=O)(=O)N2CCCCC2)ccc1F)c1ccccc1. The molecule has 0 aromatic heterocycles. The van der Waals surface area contributed by atoms with E-state index in [9.17, 15) is 22.4 Å². The zero-order chi connectivity index (χ0) is 20.1. The topological polar surface area (TPSA) is 80.8 Å². The maximum atomic E-state index is 14.1. The fourth-order valence-electron chi connectivity index (χ4n) is 2.99. The van der Waals surface area contributed by atoms with Crippen LogP contribution in [0.5, 0.6) is 0 Å². The summed E-state index contributed by atoms with van der Waals surface area (Å²) in [5, 5.41) is 0. The Bertz CT molecular complexity index is 969. The number of hydrogen-bond acceptors (Lipinski definition) is 5. The molecule has 0 atom stereocenters. The Morgan fingerprint density at radius 2 is 1.68 bits per heavy atom. The zero-order valence-electron chi connectivity index (χ0n) is 15.1. The predicted molar refractivity (Wildman–Crippen MR) is 100 cm³/mol. The number of rotatable bonds is 6. The van der Waals surface area contributed by atoms with Crippen LogP contribution in [0.1, 0.15) is 40.0 Å². The minimum absolute atomic E-state index is 0.169. The largest absolute Gasteiger partial charge is 0.454 e. The van der Waals surface area contributed by atoms with E-state index in [4.69, 9.17) is 4.74 Å². The van der Waals surface area contributed by atoms with Crippen LogP contribution in [0, 0.1) is 5.82 Å². The Morgan fingerprint density at radius 3 is 2.36 bits per heavy atom. The van der Waals surface area contributed by atoms with Crippen molar-refractivity contribution in [3.63, 3.8) is 0 Å². The lowest BCUT2D eigenvalue weighted by Gasteiger charge is -2.26. The molecule has 1 aliphatic heterocycles. The van der Waals surface area contributed by atoms with E-state index < -0.39 is 39.8 Å². The number of carbonyl (C=O) groups excluding carboxylic acids is 2. The van der Waals surface area contributed by atoms with E-state index in [-0.39, 0.29) is 4.90 Å². The third-order valence-corrected chi connectivity index (χ3v) is 6.44. The number of hydrogen-bond donors (Lipinski definition) is 0. The number of Topliss-reactive ketones (excluding diaryl/α,β-unsaturated/α-hetero) is 1. The highest BCUT2D eigenvalue weighted by Gasteiger charge is 2.28. The van der Waals surface area contributed by atoms with Gasteiger partial charge in [-0.2, -0.15) is 4.31 Å². The lowest BCUT2D eigenvalue weighted by molar-refractivity contribution is 0.0470. The molecule has 0 radical (unpaired) electrons. The second-order valence-corrected chi connectivity index (χ2v) is 8.41. The van der Waals surface area contributed by atoms with E-state index in [1.165, 1.54) is 4.31 Å². The highest BCUT2D eigenvalue weighted by atomic mass is 32.2. The number of ether oxygens (including phenoxy) is 1. The van der Waals surface area contributed by atoms with Crippen molar-refractivity contribution in [1.29, 1.82) is 0 Å². The first kappa shape index (κ1) is 20.2. The average Bonchev–Trinajstić information content (AvgIpc) is 2.73. The van der Waals surface area contributed by atoms with Crippen LogP contribution in [0.15, 0.2) is 53.4 Å². The van der Waals surface area contributed by atoms with Crippen LogP contribution < -0.4 is 0 Å². The lowest BCUT2D eigenvalue weighted by atomic mass is 10.1. The van der Waals surface area contributed by atoms with Crippen LogP contribution in [0.25, 0.3) is 0 Å².